The van der Waals surface area contributed by atoms with Crippen LogP contribution in [0.15, 0.2) is 0 Å². The Morgan fingerprint density at radius 1 is 1.80 bits per heavy atom. The molecule has 1 saturated heterocycles. The molecule has 4 nitrogen and oxygen atoms in total. The second-order valence-corrected chi connectivity index (χ2v) is 2.41. The van der Waals surface area contributed by atoms with Crippen molar-refractivity contribution in [3.05, 3.63) is 0 Å². The van der Waals surface area contributed by atoms with Gasteiger partial charge in [-0.1, -0.05) is 0 Å². The van der Waals surface area contributed by atoms with Crippen molar-refractivity contribution in [2.45, 2.75) is 19.4 Å². The Hall–Kier alpha value is -1.06. The summed E-state index contributed by atoms with van der Waals surface area (Å²) >= 11 is 0. The Morgan fingerprint density at radius 3 is 2.90 bits per heavy atom. The van der Waals surface area contributed by atoms with Crippen LogP contribution in [0.5, 0.6) is 0 Å². The standard InChI is InChI=1S/C6H10N2O2/c1-4(9)8-5-2-6(10)7-3-5/h5H,2-3H2,1H3,(H,7,10)(H,8,9). The molecule has 4 heteroatoms. The van der Waals surface area contributed by atoms with E-state index in [4.69, 9.17) is 0 Å². The van der Waals surface area contributed by atoms with Crippen molar-refractivity contribution < 1.29 is 9.59 Å². The van der Waals surface area contributed by atoms with Gasteiger partial charge in [0.1, 0.15) is 0 Å². The van der Waals surface area contributed by atoms with Gasteiger partial charge < -0.3 is 10.6 Å². The van der Waals surface area contributed by atoms with Crippen molar-refractivity contribution in [2.75, 3.05) is 6.54 Å². The van der Waals surface area contributed by atoms with E-state index in [0.29, 0.717) is 13.0 Å². The van der Waals surface area contributed by atoms with Gasteiger partial charge in [0.05, 0.1) is 6.04 Å². The first-order valence-electron chi connectivity index (χ1n) is 3.22. The van der Waals surface area contributed by atoms with Gasteiger partial charge in [-0.2, -0.15) is 0 Å². The Bertz CT molecular complexity index is 167. The zero-order valence-corrected chi connectivity index (χ0v) is 5.81. The van der Waals surface area contributed by atoms with Crippen LogP contribution in [0.4, 0.5) is 0 Å². The van der Waals surface area contributed by atoms with E-state index in [0.717, 1.165) is 0 Å². The molecule has 0 aromatic carbocycles. The summed E-state index contributed by atoms with van der Waals surface area (Å²) < 4.78 is 0. The average Bonchev–Trinajstić information content (AvgIpc) is 2.13. The van der Waals surface area contributed by atoms with Gasteiger partial charge in [-0.25, -0.2) is 0 Å². The first kappa shape index (κ1) is 7.05. The lowest BCUT2D eigenvalue weighted by Gasteiger charge is -2.05. The van der Waals surface area contributed by atoms with Crippen LogP contribution in [0.1, 0.15) is 13.3 Å². The maximum atomic E-state index is 10.6. The fourth-order valence-corrected chi connectivity index (χ4v) is 0.995. The minimum Gasteiger partial charge on any atom is -0.354 e. The quantitative estimate of drug-likeness (QED) is 0.494. The molecule has 0 bridgehead atoms. The molecule has 10 heavy (non-hydrogen) atoms. The number of nitrogens with one attached hydrogen (secondary N) is 2. The van der Waals surface area contributed by atoms with E-state index >= 15 is 0 Å². The first-order chi connectivity index (χ1) is 4.68. The number of amides is 2. The average molecular weight is 142 g/mol. The summed E-state index contributed by atoms with van der Waals surface area (Å²) in [4.78, 5) is 21.0. The molecule has 1 heterocycles. The third-order valence-corrected chi connectivity index (χ3v) is 1.38. The molecule has 1 aliphatic heterocycles. The van der Waals surface area contributed by atoms with Crippen molar-refractivity contribution in [1.82, 2.24) is 10.6 Å². The highest BCUT2D eigenvalue weighted by molar-refractivity contribution is 5.81. The molecule has 1 atom stereocenters. The summed E-state index contributed by atoms with van der Waals surface area (Å²) in [5.74, 6) is -0.0692. The minimum absolute atomic E-state index is 0.00463. The summed E-state index contributed by atoms with van der Waals surface area (Å²) in [5.41, 5.74) is 0. The molecule has 1 aliphatic rings. The molecule has 0 radical (unpaired) electrons. The van der Waals surface area contributed by atoms with E-state index in [2.05, 4.69) is 10.6 Å². The van der Waals surface area contributed by atoms with Gasteiger partial charge in [0.25, 0.3) is 0 Å². The van der Waals surface area contributed by atoms with E-state index in [9.17, 15) is 9.59 Å². The van der Waals surface area contributed by atoms with Crippen LogP contribution in [0, 0.1) is 0 Å². The smallest absolute Gasteiger partial charge is 0.222 e. The van der Waals surface area contributed by atoms with Crippen molar-refractivity contribution in [3.8, 4) is 0 Å². The molecule has 0 aliphatic carbocycles. The SMILES string of the molecule is CC(=O)NC1CNC(=O)C1. The fourth-order valence-electron chi connectivity index (χ4n) is 0.995. The highest BCUT2D eigenvalue weighted by atomic mass is 16.2. The molecule has 0 aromatic rings. The van der Waals surface area contributed by atoms with Gasteiger partial charge in [-0.05, 0) is 0 Å². The van der Waals surface area contributed by atoms with E-state index in [1.54, 1.807) is 0 Å². The number of hydrogen-bond acceptors (Lipinski definition) is 2. The highest BCUT2D eigenvalue weighted by Gasteiger charge is 2.21. The number of carbonyl (C=O) groups is 2. The van der Waals surface area contributed by atoms with E-state index in [1.165, 1.54) is 6.92 Å². The Kier molecular flexibility index (Phi) is 1.89. The molecule has 1 rings (SSSR count). The lowest BCUT2D eigenvalue weighted by Crippen LogP contribution is -2.34. The van der Waals surface area contributed by atoms with Gasteiger partial charge in [-0.3, -0.25) is 9.59 Å². The maximum absolute atomic E-state index is 10.6. The number of hydrogen-bond donors (Lipinski definition) is 2. The summed E-state index contributed by atoms with van der Waals surface area (Å²) in [6.45, 7) is 2.02. The van der Waals surface area contributed by atoms with Crippen LogP contribution in [0.3, 0.4) is 0 Å². The van der Waals surface area contributed by atoms with Gasteiger partial charge in [0, 0.05) is 19.9 Å². The minimum atomic E-state index is -0.0819. The van der Waals surface area contributed by atoms with E-state index in [-0.39, 0.29) is 17.9 Å². The summed E-state index contributed by atoms with van der Waals surface area (Å²) in [5, 5.41) is 5.27. The normalized spacial score (nSPS) is 24.1. The van der Waals surface area contributed by atoms with Crippen LogP contribution in [0.2, 0.25) is 0 Å². The van der Waals surface area contributed by atoms with Crippen molar-refractivity contribution >= 4 is 11.8 Å². The predicted octanol–water partition coefficient (Wildman–Crippen LogP) is -0.989. The van der Waals surface area contributed by atoms with Crippen LogP contribution in [0.25, 0.3) is 0 Å². The molecule has 2 N–H and O–H groups in total. The molecule has 0 saturated carbocycles. The van der Waals surface area contributed by atoms with Crippen LogP contribution < -0.4 is 10.6 Å². The highest BCUT2D eigenvalue weighted by Crippen LogP contribution is 1.97. The fraction of sp³-hybridized carbons (Fsp3) is 0.667. The lowest BCUT2D eigenvalue weighted by atomic mass is 10.2. The number of carbonyl (C=O) groups excluding carboxylic acids is 2. The van der Waals surface area contributed by atoms with Gasteiger partial charge in [0.2, 0.25) is 11.8 Å². The molecular formula is C6H10N2O2. The summed E-state index contributed by atoms with van der Waals surface area (Å²) in [6, 6.07) is 0.00463. The Morgan fingerprint density at radius 2 is 2.50 bits per heavy atom. The van der Waals surface area contributed by atoms with Crippen molar-refractivity contribution in [2.24, 2.45) is 0 Å². The molecule has 0 spiro atoms. The molecule has 56 valence electrons. The van der Waals surface area contributed by atoms with Crippen LogP contribution in [-0.4, -0.2) is 24.4 Å². The molecule has 0 aromatic heterocycles. The van der Waals surface area contributed by atoms with Crippen LogP contribution in [-0.2, 0) is 9.59 Å². The second-order valence-electron chi connectivity index (χ2n) is 2.41. The zero-order valence-electron chi connectivity index (χ0n) is 5.81. The second kappa shape index (κ2) is 2.68. The predicted molar refractivity (Wildman–Crippen MR) is 35.2 cm³/mol. The van der Waals surface area contributed by atoms with Crippen molar-refractivity contribution in [1.29, 1.82) is 0 Å². The largest absolute Gasteiger partial charge is 0.354 e. The van der Waals surface area contributed by atoms with Crippen molar-refractivity contribution in [3.63, 3.8) is 0 Å². The maximum Gasteiger partial charge on any atom is 0.222 e. The Labute approximate surface area is 59.0 Å². The van der Waals surface area contributed by atoms with E-state index in [1.807, 2.05) is 0 Å². The Balaban J connectivity index is 2.31. The molecule has 1 fully saturated rings. The lowest BCUT2D eigenvalue weighted by molar-refractivity contribution is -0.119. The topological polar surface area (TPSA) is 58.2 Å². The molecule has 2 amide bonds. The third kappa shape index (κ3) is 1.72. The summed E-state index contributed by atoms with van der Waals surface area (Å²) in [7, 11) is 0. The van der Waals surface area contributed by atoms with Gasteiger partial charge >= 0.3 is 0 Å². The van der Waals surface area contributed by atoms with Gasteiger partial charge in [-0.15, -0.1) is 0 Å². The summed E-state index contributed by atoms with van der Waals surface area (Å²) in [6.07, 6.45) is 0.416. The zero-order chi connectivity index (χ0) is 7.56. The molecular weight excluding hydrogens is 132 g/mol. The van der Waals surface area contributed by atoms with Crippen LogP contribution >= 0.6 is 0 Å². The number of rotatable bonds is 1. The van der Waals surface area contributed by atoms with Gasteiger partial charge in [0.15, 0.2) is 0 Å². The third-order valence-electron chi connectivity index (χ3n) is 1.38. The molecule has 1 unspecified atom stereocenters. The monoisotopic (exact) mass is 142 g/mol. The first-order valence-corrected chi connectivity index (χ1v) is 3.22. The van der Waals surface area contributed by atoms with E-state index < -0.39 is 0 Å².